The van der Waals surface area contributed by atoms with Gasteiger partial charge in [0.25, 0.3) is 0 Å². The van der Waals surface area contributed by atoms with Crippen molar-refractivity contribution in [3.8, 4) is 0 Å². The molecule has 2 atom stereocenters. The summed E-state index contributed by atoms with van der Waals surface area (Å²) in [6.45, 7) is 7.28. The maximum Gasteiger partial charge on any atom is 0.308 e. The average Bonchev–Trinajstić information content (AvgIpc) is 2.67. The van der Waals surface area contributed by atoms with Crippen molar-refractivity contribution >= 4 is 11.9 Å². The van der Waals surface area contributed by atoms with Crippen LogP contribution < -0.4 is 0 Å². The van der Waals surface area contributed by atoms with Gasteiger partial charge in [-0.3, -0.25) is 9.59 Å². The van der Waals surface area contributed by atoms with Gasteiger partial charge in [-0.25, -0.2) is 0 Å². The predicted octanol–water partition coefficient (Wildman–Crippen LogP) is 6.07. The lowest BCUT2D eigenvalue weighted by Gasteiger charge is -2.26. The van der Waals surface area contributed by atoms with E-state index in [-0.39, 0.29) is 23.8 Å². The van der Waals surface area contributed by atoms with Crippen molar-refractivity contribution in [2.45, 2.75) is 104 Å². The Morgan fingerprint density at radius 1 is 0.815 bits per heavy atom. The van der Waals surface area contributed by atoms with Gasteiger partial charge in [-0.2, -0.15) is 0 Å². The fourth-order valence-corrected chi connectivity index (χ4v) is 3.69. The van der Waals surface area contributed by atoms with Crippen LogP contribution in [0.15, 0.2) is 0 Å². The molecule has 0 bridgehead atoms. The van der Waals surface area contributed by atoms with Crippen LogP contribution in [0.5, 0.6) is 0 Å². The quantitative estimate of drug-likeness (QED) is 0.270. The number of ether oxygens (including phenoxy) is 2. The van der Waals surface area contributed by atoms with Crippen LogP contribution in [-0.2, 0) is 19.1 Å². The monoisotopic (exact) mass is 382 g/mol. The minimum atomic E-state index is -0.139. The van der Waals surface area contributed by atoms with Crippen LogP contribution in [0, 0.1) is 17.8 Å². The zero-order valence-electron chi connectivity index (χ0n) is 18.0. The Kier molecular flexibility index (Phi) is 13.3. The number of unbranched alkanes of at least 4 members (excludes halogenated alkanes) is 8. The van der Waals surface area contributed by atoms with E-state index in [1.807, 2.05) is 13.8 Å². The smallest absolute Gasteiger partial charge is 0.308 e. The highest BCUT2D eigenvalue weighted by Crippen LogP contribution is 2.31. The van der Waals surface area contributed by atoms with Gasteiger partial charge in [-0.1, -0.05) is 78.6 Å². The first-order valence-electron chi connectivity index (χ1n) is 11.4. The summed E-state index contributed by atoms with van der Waals surface area (Å²) in [6, 6.07) is 0. The van der Waals surface area contributed by atoms with E-state index < -0.39 is 0 Å². The van der Waals surface area contributed by atoms with Gasteiger partial charge in [-0.05, 0) is 31.6 Å². The first kappa shape index (κ1) is 24.0. The molecule has 0 saturated heterocycles. The second-order valence-corrected chi connectivity index (χ2v) is 8.58. The number of rotatable bonds is 14. The summed E-state index contributed by atoms with van der Waals surface area (Å²) < 4.78 is 10.8. The highest BCUT2D eigenvalue weighted by molar-refractivity contribution is 5.76. The van der Waals surface area contributed by atoms with Crippen LogP contribution in [0.25, 0.3) is 0 Å². The third-order valence-electron chi connectivity index (χ3n) is 5.39. The molecule has 4 heteroatoms. The summed E-state index contributed by atoms with van der Waals surface area (Å²) >= 11 is 0. The van der Waals surface area contributed by atoms with Crippen molar-refractivity contribution in [1.29, 1.82) is 0 Å². The Hall–Kier alpha value is -1.06. The molecular weight excluding hydrogens is 340 g/mol. The van der Waals surface area contributed by atoms with Crippen molar-refractivity contribution in [3.05, 3.63) is 0 Å². The van der Waals surface area contributed by atoms with Crippen molar-refractivity contribution in [3.63, 3.8) is 0 Å². The van der Waals surface area contributed by atoms with Crippen LogP contribution in [0.3, 0.4) is 0 Å². The lowest BCUT2D eigenvalue weighted by atomic mass is 9.81. The number of hydrogen-bond donors (Lipinski definition) is 0. The molecule has 0 heterocycles. The normalized spacial score (nSPS) is 19.9. The van der Waals surface area contributed by atoms with Crippen LogP contribution in [0.4, 0.5) is 0 Å². The molecule has 1 aliphatic rings. The molecular formula is C23H42O4. The Labute approximate surface area is 166 Å². The van der Waals surface area contributed by atoms with Crippen molar-refractivity contribution in [2.75, 3.05) is 13.2 Å². The van der Waals surface area contributed by atoms with Gasteiger partial charge in [0.2, 0.25) is 0 Å². The molecule has 4 nitrogen and oxygen atoms in total. The van der Waals surface area contributed by atoms with E-state index in [1.165, 1.54) is 44.9 Å². The van der Waals surface area contributed by atoms with E-state index in [1.54, 1.807) is 0 Å². The van der Waals surface area contributed by atoms with Crippen molar-refractivity contribution in [2.24, 2.45) is 17.8 Å². The molecule has 0 aliphatic heterocycles. The summed E-state index contributed by atoms with van der Waals surface area (Å²) in [6.07, 6.45) is 14.5. The van der Waals surface area contributed by atoms with Gasteiger partial charge in [0, 0.05) is 0 Å². The van der Waals surface area contributed by atoms with E-state index in [9.17, 15) is 9.59 Å². The largest absolute Gasteiger partial charge is 0.465 e. The van der Waals surface area contributed by atoms with Gasteiger partial charge in [0.05, 0.1) is 25.0 Å². The molecule has 0 aromatic rings. The molecule has 1 fully saturated rings. The molecule has 1 rings (SSSR count). The molecule has 0 amide bonds. The van der Waals surface area contributed by atoms with E-state index in [0.717, 1.165) is 32.1 Å². The molecule has 27 heavy (non-hydrogen) atoms. The summed E-state index contributed by atoms with van der Waals surface area (Å²) in [5.74, 6) is -0.178. The zero-order chi connectivity index (χ0) is 19.9. The fourth-order valence-electron chi connectivity index (χ4n) is 3.69. The van der Waals surface area contributed by atoms with Gasteiger partial charge in [0.15, 0.2) is 0 Å². The molecule has 0 spiro atoms. The lowest BCUT2D eigenvalue weighted by molar-refractivity contribution is -0.155. The summed E-state index contributed by atoms with van der Waals surface area (Å²) in [5, 5.41) is 0. The lowest BCUT2D eigenvalue weighted by Crippen LogP contribution is -2.30. The van der Waals surface area contributed by atoms with Crippen molar-refractivity contribution < 1.29 is 19.1 Å². The highest BCUT2D eigenvalue weighted by atomic mass is 16.5. The third kappa shape index (κ3) is 11.4. The second-order valence-electron chi connectivity index (χ2n) is 8.58. The standard InChI is InChI=1S/C23H42O4/c1-4-5-6-7-8-9-10-11-12-16-26-22(24)20-14-13-15-21(17-20)23(25)27-18-19(2)3/h19-21H,4-18H2,1-3H3. The van der Waals surface area contributed by atoms with Gasteiger partial charge >= 0.3 is 11.9 Å². The number of hydrogen-bond acceptors (Lipinski definition) is 4. The molecule has 0 radical (unpaired) electrons. The predicted molar refractivity (Wildman–Crippen MR) is 109 cm³/mol. The number of carbonyl (C=O) groups excluding carboxylic acids is 2. The van der Waals surface area contributed by atoms with Crippen LogP contribution in [0.2, 0.25) is 0 Å². The van der Waals surface area contributed by atoms with E-state index in [0.29, 0.717) is 25.6 Å². The highest BCUT2D eigenvalue weighted by Gasteiger charge is 2.32. The van der Waals surface area contributed by atoms with Gasteiger partial charge in [0.1, 0.15) is 0 Å². The zero-order valence-corrected chi connectivity index (χ0v) is 18.0. The number of esters is 2. The minimum Gasteiger partial charge on any atom is -0.465 e. The third-order valence-corrected chi connectivity index (χ3v) is 5.39. The number of carbonyl (C=O) groups is 2. The van der Waals surface area contributed by atoms with E-state index >= 15 is 0 Å². The Morgan fingerprint density at radius 3 is 1.89 bits per heavy atom. The van der Waals surface area contributed by atoms with Crippen LogP contribution in [-0.4, -0.2) is 25.2 Å². The van der Waals surface area contributed by atoms with E-state index in [4.69, 9.17) is 9.47 Å². The minimum absolute atomic E-state index is 0.115. The first-order chi connectivity index (χ1) is 13.0. The Balaban J connectivity index is 2.09. The summed E-state index contributed by atoms with van der Waals surface area (Å²) in [5.41, 5.74) is 0. The first-order valence-corrected chi connectivity index (χ1v) is 11.4. The van der Waals surface area contributed by atoms with Gasteiger partial charge in [-0.15, -0.1) is 0 Å². The fraction of sp³-hybridized carbons (Fsp3) is 0.913. The van der Waals surface area contributed by atoms with Gasteiger partial charge < -0.3 is 9.47 Å². The molecule has 158 valence electrons. The molecule has 2 unspecified atom stereocenters. The summed E-state index contributed by atoms with van der Waals surface area (Å²) in [7, 11) is 0. The topological polar surface area (TPSA) is 52.6 Å². The maximum atomic E-state index is 12.3. The molecule has 0 aromatic heterocycles. The van der Waals surface area contributed by atoms with E-state index in [2.05, 4.69) is 6.92 Å². The molecule has 1 saturated carbocycles. The Bertz CT molecular complexity index is 405. The average molecular weight is 383 g/mol. The Morgan fingerprint density at radius 2 is 1.33 bits per heavy atom. The van der Waals surface area contributed by atoms with Crippen molar-refractivity contribution in [1.82, 2.24) is 0 Å². The molecule has 0 N–H and O–H groups in total. The molecule has 0 aromatic carbocycles. The van der Waals surface area contributed by atoms with Crippen LogP contribution in [0.1, 0.15) is 104 Å². The van der Waals surface area contributed by atoms with Crippen LogP contribution >= 0.6 is 0 Å². The maximum absolute atomic E-state index is 12.3. The summed E-state index contributed by atoms with van der Waals surface area (Å²) in [4.78, 5) is 24.4. The SMILES string of the molecule is CCCCCCCCCCCOC(=O)C1CCCC(C(=O)OCC(C)C)C1. The second kappa shape index (κ2) is 14.9. The molecule has 1 aliphatic carbocycles.